The predicted octanol–water partition coefficient (Wildman–Crippen LogP) is 5.16. The average Bonchev–Trinajstić information content (AvgIpc) is 3.00. The van der Waals surface area contributed by atoms with E-state index in [9.17, 15) is 9.59 Å². The molecule has 0 aromatic heterocycles. The summed E-state index contributed by atoms with van der Waals surface area (Å²) >= 11 is 1.33. The first-order valence-corrected chi connectivity index (χ1v) is 11.0. The van der Waals surface area contributed by atoms with Crippen molar-refractivity contribution in [3.63, 3.8) is 0 Å². The zero-order valence-corrected chi connectivity index (χ0v) is 18.5. The van der Waals surface area contributed by atoms with E-state index in [0.29, 0.717) is 34.1 Å². The van der Waals surface area contributed by atoms with Crippen LogP contribution in [0.1, 0.15) is 38.2 Å². The largest absolute Gasteiger partial charge is 0.493 e. The third kappa shape index (κ3) is 4.70. The minimum Gasteiger partial charge on any atom is -0.493 e. The molecule has 1 aliphatic rings. The smallest absolute Gasteiger partial charge is 0.268 e. The van der Waals surface area contributed by atoms with E-state index in [0.717, 1.165) is 30.6 Å². The molecule has 1 aliphatic heterocycles. The number of hydrogen-bond donors (Lipinski definition) is 0. The zero-order chi connectivity index (χ0) is 21.5. The van der Waals surface area contributed by atoms with Crippen LogP contribution in [0.3, 0.4) is 0 Å². The van der Waals surface area contributed by atoms with Crippen molar-refractivity contribution in [3.8, 4) is 11.5 Å². The van der Waals surface area contributed by atoms with Crippen molar-refractivity contribution in [1.29, 1.82) is 0 Å². The Balaban J connectivity index is 1.98. The summed E-state index contributed by atoms with van der Waals surface area (Å²) in [7, 11) is 3.12. The fourth-order valence-corrected chi connectivity index (χ4v) is 4.43. The second-order valence-electron chi connectivity index (χ2n) is 7.01. The molecule has 158 valence electrons. The van der Waals surface area contributed by atoms with Gasteiger partial charge >= 0.3 is 0 Å². The number of methoxy groups -OCH3 is 2. The number of nitrogens with zero attached hydrogens (tertiary/aromatic N) is 1. The Morgan fingerprint density at radius 3 is 2.27 bits per heavy atom. The molecule has 6 heteroatoms. The molecule has 0 bridgehead atoms. The maximum atomic E-state index is 13.3. The third-order valence-electron chi connectivity index (χ3n) is 5.00. The molecule has 2 aromatic carbocycles. The van der Waals surface area contributed by atoms with Gasteiger partial charge in [-0.15, -0.1) is 0 Å². The van der Waals surface area contributed by atoms with Crippen molar-refractivity contribution in [1.82, 2.24) is 4.90 Å². The fourth-order valence-electron chi connectivity index (χ4n) is 3.40. The van der Waals surface area contributed by atoms with Gasteiger partial charge in [0.05, 0.1) is 24.7 Å². The lowest BCUT2D eigenvalue weighted by atomic mass is 10.1. The van der Waals surface area contributed by atoms with E-state index in [4.69, 9.17) is 9.47 Å². The van der Waals surface area contributed by atoms with E-state index in [1.807, 2.05) is 30.3 Å². The van der Waals surface area contributed by atoms with Crippen molar-refractivity contribution in [2.24, 2.45) is 0 Å². The molecule has 0 fully saturated rings. The standard InChI is InChI=1S/C24H27NO4S/c1-4-5-6-10-15-25-23(26)21(17-13-14-19(28-2)20(16-17)29-3)22(24(25)27)30-18-11-8-7-9-12-18/h7-9,11-14,16H,4-6,10,15H2,1-3H3. The van der Waals surface area contributed by atoms with Crippen LogP contribution < -0.4 is 9.47 Å². The lowest BCUT2D eigenvalue weighted by Gasteiger charge is -2.15. The maximum absolute atomic E-state index is 13.3. The van der Waals surface area contributed by atoms with Gasteiger partial charge in [-0.3, -0.25) is 14.5 Å². The molecule has 0 atom stereocenters. The molecule has 5 nitrogen and oxygen atoms in total. The second kappa shape index (κ2) is 10.3. The molecule has 0 saturated heterocycles. The summed E-state index contributed by atoms with van der Waals surface area (Å²) < 4.78 is 10.7. The summed E-state index contributed by atoms with van der Waals surface area (Å²) in [5.41, 5.74) is 1.07. The van der Waals surface area contributed by atoms with Gasteiger partial charge in [0.15, 0.2) is 11.5 Å². The highest BCUT2D eigenvalue weighted by atomic mass is 32.2. The quantitative estimate of drug-likeness (QED) is 0.389. The normalized spacial score (nSPS) is 13.9. The maximum Gasteiger partial charge on any atom is 0.268 e. The number of carbonyl (C=O) groups excluding carboxylic acids is 2. The lowest BCUT2D eigenvalue weighted by Crippen LogP contribution is -2.32. The van der Waals surface area contributed by atoms with Gasteiger partial charge in [0.1, 0.15) is 0 Å². The lowest BCUT2D eigenvalue weighted by molar-refractivity contribution is -0.136. The van der Waals surface area contributed by atoms with Gasteiger partial charge in [-0.05, 0) is 36.2 Å². The van der Waals surface area contributed by atoms with Gasteiger partial charge in [-0.2, -0.15) is 0 Å². The van der Waals surface area contributed by atoms with Gasteiger partial charge in [0.25, 0.3) is 11.8 Å². The highest BCUT2D eigenvalue weighted by Crippen LogP contribution is 2.41. The van der Waals surface area contributed by atoms with E-state index in [1.54, 1.807) is 32.4 Å². The van der Waals surface area contributed by atoms with Crippen molar-refractivity contribution < 1.29 is 19.1 Å². The van der Waals surface area contributed by atoms with Crippen LogP contribution >= 0.6 is 11.8 Å². The fraction of sp³-hybridized carbons (Fsp3) is 0.333. The number of ether oxygens (including phenoxy) is 2. The topological polar surface area (TPSA) is 55.8 Å². The molecule has 0 radical (unpaired) electrons. The van der Waals surface area contributed by atoms with Crippen LogP contribution in [0.2, 0.25) is 0 Å². The van der Waals surface area contributed by atoms with Crippen LogP contribution in [0, 0.1) is 0 Å². The molecular formula is C24H27NO4S. The molecule has 0 unspecified atom stereocenters. The van der Waals surface area contributed by atoms with Crippen molar-refractivity contribution in [2.45, 2.75) is 37.5 Å². The first-order chi connectivity index (χ1) is 14.6. The molecule has 0 spiro atoms. The first-order valence-electron chi connectivity index (χ1n) is 10.2. The highest BCUT2D eigenvalue weighted by Gasteiger charge is 2.39. The van der Waals surface area contributed by atoms with Crippen LogP contribution in [-0.4, -0.2) is 37.5 Å². The van der Waals surface area contributed by atoms with E-state index < -0.39 is 0 Å². The monoisotopic (exact) mass is 425 g/mol. The van der Waals surface area contributed by atoms with Crippen LogP contribution in [-0.2, 0) is 9.59 Å². The number of unbranched alkanes of at least 4 members (excludes halogenated alkanes) is 3. The number of hydrogen-bond acceptors (Lipinski definition) is 5. The summed E-state index contributed by atoms with van der Waals surface area (Å²) in [4.78, 5) is 29.3. The molecule has 2 aromatic rings. The molecule has 0 aliphatic carbocycles. The second-order valence-corrected chi connectivity index (χ2v) is 8.10. The molecule has 0 saturated carbocycles. The number of imide groups is 1. The molecule has 2 amide bonds. The van der Waals surface area contributed by atoms with Gasteiger partial charge in [0.2, 0.25) is 0 Å². The minimum absolute atomic E-state index is 0.227. The number of amides is 2. The van der Waals surface area contributed by atoms with Gasteiger partial charge in [0, 0.05) is 11.4 Å². The van der Waals surface area contributed by atoms with Crippen LogP contribution in [0.5, 0.6) is 11.5 Å². The highest BCUT2D eigenvalue weighted by molar-refractivity contribution is 8.04. The van der Waals surface area contributed by atoms with Gasteiger partial charge in [-0.25, -0.2) is 0 Å². The zero-order valence-electron chi connectivity index (χ0n) is 17.6. The van der Waals surface area contributed by atoms with E-state index in [2.05, 4.69) is 6.92 Å². The SMILES string of the molecule is CCCCCCN1C(=O)C(Sc2ccccc2)=C(c2ccc(OC)c(OC)c2)C1=O. The Labute approximate surface area is 182 Å². The Morgan fingerprint density at radius 2 is 1.60 bits per heavy atom. The van der Waals surface area contributed by atoms with Crippen molar-refractivity contribution >= 4 is 29.1 Å². The summed E-state index contributed by atoms with van der Waals surface area (Å²) in [6, 6.07) is 14.9. The van der Waals surface area contributed by atoms with Gasteiger partial charge < -0.3 is 9.47 Å². The number of thioether (sulfide) groups is 1. The number of rotatable bonds is 10. The Bertz CT molecular complexity index is 939. The summed E-state index contributed by atoms with van der Waals surface area (Å²) in [6.45, 7) is 2.57. The minimum atomic E-state index is -0.248. The number of benzene rings is 2. The Kier molecular flexibility index (Phi) is 7.57. The van der Waals surface area contributed by atoms with E-state index in [-0.39, 0.29) is 11.8 Å². The number of carbonyl (C=O) groups is 2. The molecule has 0 N–H and O–H groups in total. The Hall–Kier alpha value is -2.73. The van der Waals surface area contributed by atoms with Crippen LogP contribution in [0.4, 0.5) is 0 Å². The molecule has 3 rings (SSSR count). The van der Waals surface area contributed by atoms with E-state index >= 15 is 0 Å². The molecular weight excluding hydrogens is 398 g/mol. The van der Waals surface area contributed by atoms with Crippen LogP contribution in [0.25, 0.3) is 5.57 Å². The van der Waals surface area contributed by atoms with Crippen molar-refractivity contribution in [3.05, 3.63) is 59.0 Å². The van der Waals surface area contributed by atoms with Crippen molar-refractivity contribution in [2.75, 3.05) is 20.8 Å². The average molecular weight is 426 g/mol. The summed E-state index contributed by atoms with van der Waals surface area (Å²) in [5.74, 6) is 0.623. The van der Waals surface area contributed by atoms with Crippen LogP contribution in [0.15, 0.2) is 58.3 Å². The van der Waals surface area contributed by atoms with Gasteiger partial charge in [-0.1, -0.05) is 62.2 Å². The van der Waals surface area contributed by atoms with E-state index in [1.165, 1.54) is 16.7 Å². The third-order valence-corrected chi connectivity index (χ3v) is 6.09. The summed E-state index contributed by atoms with van der Waals surface area (Å²) in [5, 5.41) is 0. The summed E-state index contributed by atoms with van der Waals surface area (Å²) in [6.07, 6.45) is 4.01. The molecule has 30 heavy (non-hydrogen) atoms. The first kappa shape index (κ1) is 22.0. The Morgan fingerprint density at radius 1 is 0.867 bits per heavy atom. The molecule has 1 heterocycles. The predicted molar refractivity (Wildman–Crippen MR) is 120 cm³/mol.